The zero-order valence-electron chi connectivity index (χ0n) is 27.1. The average Bonchev–Trinajstić information content (AvgIpc) is 3.70. The van der Waals surface area contributed by atoms with E-state index in [1.165, 1.54) is 109 Å². The van der Waals surface area contributed by atoms with E-state index in [4.69, 9.17) is 0 Å². The maximum absolute atomic E-state index is 2.55. The Kier molecular flexibility index (Phi) is 5.00. The van der Waals surface area contributed by atoms with Crippen LogP contribution in [0.15, 0.2) is 170 Å². The van der Waals surface area contributed by atoms with E-state index in [0.29, 0.717) is 0 Å². The molecule has 0 aliphatic carbocycles. The van der Waals surface area contributed by atoms with Gasteiger partial charge in [0.2, 0.25) is 0 Å². The predicted octanol–water partition coefficient (Wildman–Crippen LogP) is 13.1. The lowest BCUT2D eigenvalue weighted by Gasteiger charge is -2.17. The van der Waals surface area contributed by atoms with Gasteiger partial charge in [-0.3, -0.25) is 0 Å². The van der Waals surface area contributed by atoms with Gasteiger partial charge in [-0.25, -0.2) is 0 Å². The molecule has 0 fully saturated rings. The fraction of sp³-hybridized carbons (Fsp3) is 0. The van der Waals surface area contributed by atoms with Gasteiger partial charge in [0.25, 0.3) is 0 Å². The van der Waals surface area contributed by atoms with Crippen LogP contribution in [0.5, 0.6) is 0 Å². The van der Waals surface area contributed by atoms with Crippen LogP contribution in [0.1, 0.15) is 0 Å². The van der Waals surface area contributed by atoms with Gasteiger partial charge in [-0.05, 0) is 79.5 Å². The monoisotopic (exact) mass is 632 g/mol. The van der Waals surface area contributed by atoms with E-state index in [0.717, 1.165) is 0 Å². The fourth-order valence-electron chi connectivity index (χ4n) is 9.33. The lowest BCUT2D eigenvalue weighted by atomic mass is 9.92. The molecular formula is C48H28N2. The normalized spacial score (nSPS) is 12.4. The van der Waals surface area contributed by atoms with Gasteiger partial charge >= 0.3 is 0 Å². The third-order valence-corrected chi connectivity index (χ3v) is 11.2. The number of para-hydroxylation sites is 2. The van der Waals surface area contributed by atoms with Crippen LogP contribution in [0.25, 0.3) is 109 Å². The Morgan fingerprint density at radius 2 is 0.680 bits per heavy atom. The van der Waals surface area contributed by atoms with Crippen molar-refractivity contribution in [2.75, 3.05) is 0 Å². The highest BCUT2D eigenvalue weighted by Crippen LogP contribution is 2.50. The van der Waals surface area contributed by atoms with Gasteiger partial charge in [-0.1, -0.05) is 133 Å². The minimum absolute atomic E-state index is 1.17. The van der Waals surface area contributed by atoms with Gasteiger partial charge < -0.3 is 9.13 Å². The first-order valence-corrected chi connectivity index (χ1v) is 17.4. The molecule has 10 aromatic carbocycles. The van der Waals surface area contributed by atoms with Gasteiger partial charge in [0, 0.05) is 38.0 Å². The molecule has 2 heteroatoms. The summed E-state index contributed by atoms with van der Waals surface area (Å²) in [4.78, 5) is 0. The van der Waals surface area contributed by atoms with Gasteiger partial charge in [0.15, 0.2) is 0 Å². The Labute approximate surface area is 286 Å². The van der Waals surface area contributed by atoms with Crippen molar-refractivity contribution in [2.24, 2.45) is 0 Å². The van der Waals surface area contributed by atoms with Crippen LogP contribution in [0, 0.1) is 0 Å². The van der Waals surface area contributed by atoms with Crippen molar-refractivity contribution in [3.05, 3.63) is 170 Å². The summed E-state index contributed by atoms with van der Waals surface area (Å²) in [6.07, 6.45) is 0. The molecule has 0 saturated carbocycles. The third-order valence-electron chi connectivity index (χ3n) is 11.2. The van der Waals surface area contributed by atoms with E-state index in [9.17, 15) is 0 Å². The zero-order chi connectivity index (χ0) is 32.5. The van der Waals surface area contributed by atoms with Crippen molar-refractivity contribution < 1.29 is 0 Å². The number of fused-ring (bicyclic) bond motifs is 13. The van der Waals surface area contributed by atoms with Crippen LogP contribution in [0.3, 0.4) is 0 Å². The molecule has 0 amide bonds. The van der Waals surface area contributed by atoms with Crippen molar-refractivity contribution in [1.29, 1.82) is 0 Å². The number of aromatic nitrogens is 2. The average molecular weight is 633 g/mol. The summed E-state index contributed by atoms with van der Waals surface area (Å²) in [5.41, 5.74) is 7.29. The maximum Gasteiger partial charge on any atom is 0.0568 e. The molecule has 230 valence electrons. The van der Waals surface area contributed by atoms with E-state index in [1.807, 2.05) is 0 Å². The minimum atomic E-state index is 1.17. The second-order valence-electron chi connectivity index (χ2n) is 13.6. The first kappa shape index (κ1) is 26.3. The second kappa shape index (κ2) is 9.49. The first-order chi connectivity index (χ1) is 24.9. The predicted molar refractivity (Wildman–Crippen MR) is 214 cm³/mol. The largest absolute Gasteiger partial charge is 0.309 e. The van der Waals surface area contributed by atoms with Crippen molar-refractivity contribution >= 4 is 97.5 Å². The molecule has 0 unspecified atom stereocenters. The quantitative estimate of drug-likeness (QED) is 0.168. The highest BCUT2D eigenvalue weighted by molar-refractivity contribution is 6.42. The summed E-state index contributed by atoms with van der Waals surface area (Å²) >= 11 is 0. The van der Waals surface area contributed by atoms with Gasteiger partial charge in [-0.15, -0.1) is 0 Å². The molecule has 0 saturated heterocycles. The smallest absolute Gasteiger partial charge is 0.0568 e. The van der Waals surface area contributed by atoms with Crippen LogP contribution < -0.4 is 0 Å². The van der Waals surface area contributed by atoms with Gasteiger partial charge in [-0.2, -0.15) is 0 Å². The fourth-order valence-corrected chi connectivity index (χ4v) is 9.33. The molecule has 2 nitrogen and oxygen atoms in total. The molecule has 0 radical (unpaired) electrons. The highest BCUT2D eigenvalue weighted by atomic mass is 15.0. The zero-order valence-corrected chi connectivity index (χ0v) is 27.1. The highest BCUT2D eigenvalue weighted by Gasteiger charge is 2.25. The molecule has 0 bridgehead atoms. The number of rotatable bonds is 2. The van der Waals surface area contributed by atoms with Crippen LogP contribution in [-0.2, 0) is 0 Å². The molecular weight excluding hydrogens is 605 g/mol. The number of nitrogens with zero attached hydrogens (tertiary/aromatic N) is 2. The molecule has 12 aromatic rings. The molecule has 0 aliphatic rings. The summed E-state index contributed by atoms with van der Waals surface area (Å²) in [6.45, 7) is 0. The van der Waals surface area contributed by atoms with Crippen molar-refractivity contribution in [2.45, 2.75) is 0 Å². The number of hydrogen-bond donors (Lipinski definition) is 0. The maximum atomic E-state index is 2.55. The lowest BCUT2D eigenvalue weighted by molar-refractivity contribution is 1.17. The summed E-state index contributed by atoms with van der Waals surface area (Å²) in [6, 6.07) is 62.8. The van der Waals surface area contributed by atoms with Gasteiger partial charge in [0.1, 0.15) is 0 Å². The van der Waals surface area contributed by atoms with Crippen molar-refractivity contribution in [3.63, 3.8) is 0 Å². The molecule has 50 heavy (non-hydrogen) atoms. The summed E-state index contributed by atoms with van der Waals surface area (Å²) in [5.74, 6) is 0. The Morgan fingerprint density at radius 3 is 1.38 bits per heavy atom. The summed E-state index contributed by atoms with van der Waals surface area (Å²) < 4.78 is 5.03. The number of benzene rings is 10. The van der Waals surface area contributed by atoms with E-state index in [2.05, 4.69) is 179 Å². The molecule has 0 spiro atoms. The Bertz CT molecular complexity index is 3320. The molecule has 0 aliphatic heterocycles. The Morgan fingerprint density at radius 1 is 0.240 bits per heavy atom. The summed E-state index contributed by atoms with van der Waals surface area (Å²) in [5, 5.41) is 18.2. The Hall–Kier alpha value is -6.64. The molecule has 2 aromatic heterocycles. The van der Waals surface area contributed by atoms with Crippen molar-refractivity contribution in [1.82, 2.24) is 9.13 Å². The lowest BCUT2D eigenvalue weighted by Crippen LogP contribution is -1.98. The van der Waals surface area contributed by atoms with Crippen molar-refractivity contribution in [3.8, 4) is 11.4 Å². The molecule has 0 N–H and O–H groups in total. The SMILES string of the molecule is c1ccc(-n2c3cccc4c5ccccc5c5c6c7ccccc7n(-c7cccc8c9ccccc9c9ccccc9c78)c6cc2c5c43)cc1. The minimum Gasteiger partial charge on any atom is -0.309 e. The van der Waals surface area contributed by atoms with E-state index in [1.54, 1.807) is 0 Å². The molecule has 0 atom stereocenters. The second-order valence-corrected chi connectivity index (χ2v) is 13.6. The topological polar surface area (TPSA) is 9.86 Å². The number of hydrogen-bond acceptors (Lipinski definition) is 0. The molecule has 12 rings (SSSR count). The van der Waals surface area contributed by atoms with E-state index < -0.39 is 0 Å². The van der Waals surface area contributed by atoms with Crippen LogP contribution in [0.4, 0.5) is 0 Å². The Balaban J connectivity index is 1.38. The van der Waals surface area contributed by atoms with E-state index >= 15 is 0 Å². The summed E-state index contributed by atoms with van der Waals surface area (Å²) in [7, 11) is 0. The third kappa shape index (κ3) is 3.19. The van der Waals surface area contributed by atoms with Gasteiger partial charge in [0.05, 0.1) is 27.8 Å². The van der Waals surface area contributed by atoms with Crippen LogP contribution in [0.2, 0.25) is 0 Å². The van der Waals surface area contributed by atoms with E-state index in [-0.39, 0.29) is 0 Å². The standard InChI is InChI=1S/C48H28N2/c1-2-14-29(15-3-1)49-41-27-13-24-36-33-19-7-9-21-37(33)47-46-38-22-10-11-25-39(38)50(42(46)28-43(49)48(47)45(36)41)40-26-12-23-35-32-17-5-4-16-30(32)31-18-6-8-20-34(31)44(35)40/h1-28H. The van der Waals surface area contributed by atoms with Crippen LogP contribution >= 0.6 is 0 Å². The van der Waals surface area contributed by atoms with Crippen LogP contribution in [-0.4, -0.2) is 9.13 Å². The first-order valence-electron chi connectivity index (χ1n) is 17.4. The molecule has 2 heterocycles.